The lowest BCUT2D eigenvalue weighted by Crippen LogP contribution is -2.20. The number of carbonyl (C=O) groups is 1. The Morgan fingerprint density at radius 1 is 1.22 bits per heavy atom. The molecule has 0 aliphatic carbocycles. The maximum absolute atomic E-state index is 12.4. The number of unbranched alkanes of at least 4 members (excludes halogenated alkanes) is 1. The van der Waals surface area contributed by atoms with Crippen molar-refractivity contribution >= 4 is 17.3 Å². The van der Waals surface area contributed by atoms with Crippen LogP contribution in [0.4, 0.5) is 11.4 Å². The van der Waals surface area contributed by atoms with Gasteiger partial charge in [-0.15, -0.1) is 0 Å². The van der Waals surface area contributed by atoms with Crippen LogP contribution in [-0.2, 0) is 0 Å². The third kappa shape index (κ3) is 4.55. The monoisotopic (exact) mass is 311 g/mol. The van der Waals surface area contributed by atoms with E-state index in [0.29, 0.717) is 5.69 Å². The molecule has 4 nitrogen and oxygen atoms in total. The van der Waals surface area contributed by atoms with Crippen molar-refractivity contribution in [2.45, 2.75) is 33.6 Å². The highest BCUT2D eigenvalue weighted by molar-refractivity contribution is 6.03. The number of carbonyl (C=O) groups excluding carboxylic acids is 1. The molecule has 1 amide bonds. The summed E-state index contributed by atoms with van der Waals surface area (Å²) in [5.74, 6) is -0.178. The van der Waals surface area contributed by atoms with Gasteiger partial charge in [0.25, 0.3) is 5.91 Å². The van der Waals surface area contributed by atoms with Crippen molar-refractivity contribution in [3.8, 4) is 0 Å². The average Bonchev–Trinajstić information content (AvgIpc) is 2.55. The number of aromatic nitrogens is 1. The van der Waals surface area contributed by atoms with Gasteiger partial charge in [-0.1, -0.05) is 31.0 Å². The van der Waals surface area contributed by atoms with Crippen LogP contribution in [0.3, 0.4) is 0 Å². The lowest BCUT2D eigenvalue weighted by atomic mass is 10.1. The quantitative estimate of drug-likeness (QED) is 0.870. The van der Waals surface area contributed by atoms with E-state index in [1.807, 2.05) is 45.2 Å². The van der Waals surface area contributed by atoms with Crippen LogP contribution in [0.1, 0.15) is 41.4 Å². The van der Waals surface area contributed by atoms with Crippen molar-refractivity contribution in [1.82, 2.24) is 4.98 Å². The highest BCUT2D eigenvalue weighted by Crippen LogP contribution is 2.18. The summed E-state index contributed by atoms with van der Waals surface area (Å²) in [6.07, 6.45) is 3.97. The number of anilines is 2. The van der Waals surface area contributed by atoms with Gasteiger partial charge in [0, 0.05) is 31.2 Å². The number of pyridine rings is 1. The second-order valence-electron chi connectivity index (χ2n) is 5.95. The second kappa shape index (κ2) is 7.77. The third-order valence-corrected chi connectivity index (χ3v) is 3.89. The number of hydrogen-bond acceptors (Lipinski definition) is 3. The topological polar surface area (TPSA) is 45.2 Å². The SMILES string of the molecule is CCCCN(C)c1ccnc(C(=O)Nc2ccc(C)cc2C)c1. The van der Waals surface area contributed by atoms with Crippen molar-refractivity contribution in [2.75, 3.05) is 23.8 Å². The average molecular weight is 311 g/mol. The van der Waals surface area contributed by atoms with Crippen LogP contribution in [0.5, 0.6) is 0 Å². The van der Waals surface area contributed by atoms with Gasteiger partial charge in [-0.25, -0.2) is 0 Å². The molecule has 1 N–H and O–H groups in total. The third-order valence-electron chi connectivity index (χ3n) is 3.89. The van der Waals surface area contributed by atoms with Crippen molar-refractivity contribution in [3.63, 3.8) is 0 Å². The summed E-state index contributed by atoms with van der Waals surface area (Å²) in [5, 5.41) is 2.94. The first-order valence-electron chi connectivity index (χ1n) is 8.07. The van der Waals surface area contributed by atoms with Gasteiger partial charge in [0.1, 0.15) is 5.69 Å². The molecule has 23 heavy (non-hydrogen) atoms. The summed E-state index contributed by atoms with van der Waals surface area (Å²) in [7, 11) is 2.04. The molecule has 0 atom stereocenters. The van der Waals surface area contributed by atoms with Crippen LogP contribution >= 0.6 is 0 Å². The van der Waals surface area contributed by atoms with E-state index < -0.39 is 0 Å². The zero-order valence-corrected chi connectivity index (χ0v) is 14.4. The number of hydrogen-bond donors (Lipinski definition) is 1. The minimum Gasteiger partial charge on any atom is -0.374 e. The van der Waals surface area contributed by atoms with Gasteiger partial charge in [0.05, 0.1) is 0 Å². The molecule has 0 saturated carbocycles. The smallest absolute Gasteiger partial charge is 0.274 e. The molecule has 4 heteroatoms. The first-order valence-corrected chi connectivity index (χ1v) is 8.07. The van der Waals surface area contributed by atoms with Gasteiger partial charge < -0.3 is 10.2 Å². The molecule has 0 unspecified atom stereocenters. The molecule has 1 heterocycles. The van der Waals surface area contributed by atoms with Gasteiger partial charge in [-0.3, -0.25) is 9.78 Å². The van der Waals surface area contributed by atoms with Gasteiger partial charge in [0.15, 0.2) is 0 Å². The Bertz CT molecular complexity index is 682. The van der Waals surface area contributed by atoms with E-state index in [0.717, 1.165) is 36.3 Å². The van der Waals surface area contributed by atoms with Crippen LogP contribution in [0.2, 0.25) is 0 Å². The molecule has 0 bridgehead atoms. The second-order valence-corrected chi connectivity index (χ2v) is 5.95. The van der Waals surface area contributed by atoms with Gasteiger partial charge in [0.2, 0.25) is 0 Å². The Balaban J connectivity index is 2.13. The Morgan fingerprint density at radius 3 is 2.70 bits per heavy atom. The van der Waals surface area contributed by atoms with Crippen LogP contribution in [0.25, 0.3) is 0 Å². The molecule has 0 fully saturated rings. The molecular formula is C19H25N3O. The number of rotatable bonds is 6. The number of nitrogens with one attached hydrogen (secondary N) is 1. The van der Waals surface area contributed by atoms with Crippen LogP contribution in [-0.4, -0.2) is 24.5 Å². The highest BCUT2D eigenvalue weighted by atomic mass is 16.1. The first kappa shape index (κ1) is 17.0. The molecule has 0 radical (unpaired) electrons. The molecule has 122 valence electrons. The van der Waals surface area contributed by atoms with E-state index in [2.05, 4.69) is 28.2 Å². The molecule has 0 aliphatic heterocycles. The summed E-state index contributed by atoms with van der Waals surface area (Å²) >= 11 is 0. The molecule has 2 rings (SSSR count). The molecule has 1 aromatic carbocycles. The lowest BCUT2D eigenvalue weighted by Gasteiger charge is -2.19. The van der Waals surface area contributed by atoms with Crippen LogP contribution in [0.15, 0.2) is 36.5 Å². The summed E-state index contributed by atoms with van der Waals surface area (Å²) in [6, 6.07) is 9.75. The number of benzene rings is 1. The summed E-state index contributed by atoms with van der Waals surface area (Å²) in [5.41, 5.74) is 4.50. The maximum atomic E-state index is 12.4. The predicted molar refractivity (Wildman–Crippen MR) is 96.3 cm³/mol. The van der Waals surface area contributed by atoms with Crippen molar-refractivity contribution in [1.29, 1.82) is 0 Å². The Morgan fingerprint density at radius 2 is 2.00 bits per heavy atom. The van der Waals surface area contributed by atoms with Gasteiger partial charge in [-0.2, -0.15) is 0 Å². The van der Waals surface area contributed by atoms with E-state index in [-0.39, 0.29) is 5.91 Å². The standard InChI is InChI=1S/C19H25N3O/c1-5-6-11-22(4)16-9-10-20-18(13-16)19(23)21-17-8-7-14(2)12-15(17)3/h7-10,12-13H,5-6,11H2,1-4H3,(H,21,23). The van der Waals surface area contributed by atoms with E-state index in [4.69, 9.17) is 0 Å². The Kier molecular flexibility index (Phi) is 5.74. The summed E-state index contributed by atoms with van der Waals surface area (Å²) in [4.78, 5) is 18.8. The van der Waals surface area contributed by atoms with Crippen molar-refractivity contribution in [2.24, 2.45) is 0 Å². The predicted octanol–water partition coefficient (Wildman–Crippen LogP) is 4.19. The zero-order valence-electron chi connectivity index (χ0n) is 14.4. The molecule has 0 aliphatic rings. The maximum Gasteiger partial charge on any atom is 0.274 e. The molecule has 0 saturated heterocycles. The van der Waals surface area contributed by atoms with E-state index in [1.165, 1.54) is 5.56 Å². The Hall–Kier alpha value is -2.36. The summed E-state index contributed by atoms with van der Waals surface area (Å²) < 4.78 is 0. The van der Waals surface area contributed by atoms with Crippen LogP contribution < -0.4 is 10.2 Å². The van der Waals surface area contributed by atoms with Crippen molar-refractivity contribution < 1.29 is 4.79 Å². The van der Waals surface area contributed by atoms with Crippen LogP contribution in [0, 0.1) is 13.8 Å². The Labute approximate surface area is 138 Å². The molecular weight excluding hydrogens is 286 g/mol. The first-order chi connectivity index (χ1) is 11.0. The highest BCUT2D eigenvalue weighted by Gasteiger charge is 2.11. The zero-order chi connectivity index (χ0) is 16.8. The lowest BCUT2D eigenvalue weighted by molar-refractivity contribution is 0.102. The minimum absolute atomic E-state index is 0.178. The van der Waals surface area contributed by atoms with Gasteiger partial charge >= 0.3 is 0 Å². The van der Waals surface area contributed by atoms with Gasteiger partial charge in [-0.05, 0) is 44.0 Å². The summed E-state index contributed by atoms with van der Waals surface area (Å²) in [6.45, 7) is 7.17. The van der Waals surface area contributed by atoms with E-state index in [1.54, 1.807) is 6.20 Å². The number of nitrogens with zero attached hydrogens (tertiary/aromatic N) is 2. The fourth-order valence-electron chi connectivity index (χ4n) is 2.45. The number of amides is 1. The number of aryl methyl sites for hydroxylation is 2. The molecule has 0 spiro atoms. The van der Waals surface area contributed by atoms with E-state index >= 15 is 0 Å². The fourth-order valence-corrected chi connectivity index (χ4v) is 2.45. The largest absolute Gasteiger partial charge is 0.374 e. The molecule has 1 aromatic heterocycles. The normalized spacial score (nSPS) is 10.4. The fraction of sp³-hybridized carbons (Fsp3) is 0.368. The minimum atomic E-state index is -0.178. The van der Waals surface area contributed by atoms with E-state index in [9.17, 15) is 4.79 Å². The molecule has 2 aromatic rings. The van der Waals surface area contributed by atoms with Crippen molar-refractivity contribution in [3.05, 3.63) is 53.3 Å².